The van der Waals surface area contributed by atoms with E-state index in [2.05, 4.69) is 15.1 Å². The number of aliphatic hydroxyl groups excluding tert-OH is 1. The molecule has 1 aromatic heterocycles. The molecular weight excluding hydrogens is 280 g/mol. The fourth-order valence-corrected chi connectivity index (χ4v) is 4.44. The summed E-state index contributed by atoms with van der Waals surface area (Å²) in [6.45, 7) is 2.28. The van der Waals surface area contributed by atoms with E-state index in [0.29, 0.717) is 24.8 Å². The molecule has 0 amide bonds. The lowest BCUT2D eigenvalue weighted by Crippen LogP contribution is -2.44. The minimum Gasteiger partial charge on any atom is -0.390 e. The molecule has 1 saturated heterocycles. The number of aryl methyl sites for hydroxylation is 1. The quantitative estimate of drug-likeness (QED) is 0.812. The van der Waals surface area contributed by atoms with Crippen molar-refractivity contribution in [1.29, 1.82) is 0 Å². The zero-order chi connectivity index (χ0) is 14.9. The van der Waals surface area contributed by atoms with Crippen molar-refractivity contribution in [2.45, 2.75) is 37.3 Å². The summed E-state index contributed by atoms with van der Waals surface area (Å²) in [6, 6.07) is 0.421. The molecule has 2 heterocycles. The molecule has 7 nitrogen and oxygen atoms in total. The Labute approximate surface area is 119 Å². The van der Waals surface area contributed by atoms with Crippen LogP contribution in [0.15, 0.2) is 4.90 Å². The standard InChI is InChI=1S/C12H22N4O3S/c1-9-12(11(8-17)14-13-9)20(18,19)16-6-4-10(5-7-16)15(2)3/h10,17H,4-8H2,1-3H3,(H,13,14). The van der Waals surface area contributed by atoms with Crippen LogP contribution in [0.2, 0.25) is 0 Å². The molecule has 0 radical (unpaired) electrons. The topological polar surface area (TPSA) is 89.5 Å². The molecule has 20 heavy (non-hydrogen) atoms. The lowest BCUT2D eigenvalue weighted by Gasteiger charge is -2.34. The molecule has 0 saturated carbocycles. The third kappa shape index (κ3) is 2.73. The van der Waals surface area contributed by atoms with Gasteiger partial charge in [0.1, 0.15) is 10.6 Å². The number of hydrogen-bond donors (Lipinski definition) is 2. The van der Waals surface area contributed by atoms with Gasteiger partial charge >= 0.3 is 0 Å². The van der Waals surface area contributed by atoms with E-state index in [0.717, 1.165) is 12.8 Å². The first-order valence-electron chi connectivity index (χ1n) is 6.69. The van der Waals surface area contributed by atoms with Crippen LogP contribution in [0.25, 0.3) is 0 Å². The second-order valence-corrected chi connectivity index (χ2v) is 7.26. The van der Waals surface area contributed by atoms with Gasteiger partial charge in [-0.25, -0.2) is 8.42 Å². The first-order chi connectivity index (χ1) is 9.37. The molecule has 1 aromatic rings. The number of sulfonamides is 1. The SMILES string of the molecule is Cc1[nH]nc(CO)c1S(=O)(=O)N1CCC(N(C)C)CC1. The fourth-order valence-electron chi connectivity index (χ4n) is 2.65. The first-order valence-corrected chi connectivity index (χ1v) is 8.13. The summed E-state index contributed by atoms with van der Waals surface area (Å²) in [5, 5.41) is 15.7. The summed E-state index contributed by atoms with van der Waals surface area (Å²) >= 11 is 0. The average molecular weight is 302 g/mol. The largest absolute Gasteiger partial charge is 0.390 e. The maximum atomic E-state index is 12.7. The third-order valence-electron chi connectivity index (χ3n) is 3.86. The van der Waals surface area contributed by atoms with E-state index in [4.69, 9.17) is 0 Å². The zero-order valence-corrected chi connectivity index (χ0v) is 12.9. The summed E-state index contributed by atoms with van der Waals surface area (Å²) in [6.07, 6.45) is 1.63. The van der Waals surface area contributed by atoms with Crippen molar-refractivity contribution >= 4 is 10.0 Å². The van der Waals surface area contributed by atoms with Crippen molar-refractivity contribution in [2.75, 3.05) is 27.2 Å². The fraction of sp³-hybridized carbons (Fsp3) is 0.750. The molecule has 2 rings (SSSR count). The van der Waals surface area contributed by atoms with Crippen LogP contribution in [0.1, 0.15) is 24.2 Å². The van der Waals surface area contributed by atoms with Crippen molar-refractivity contribution in [1.82, 2.24) is 19.4 Å². The van der Waals surface area contributed by atoms with Gasteiger partial charge in [-0.15, -0.1) is 0 Å². The minimum absolute atomic E-state index is 0.128. The van der Waals surface area contributed by atoms with Crippen molar-refractivity contribution in [3.63, 3.8) is 0 Å². The van der Waals surface area contributed by atoms with Crippen LogP contribution >= 0.6 is 0 Å². The van der Waals surface area contributed by atoms with E-state index in [-0.39, 0.29) is 17.2 Å². The van der Waals surface area contributed by atoms with E-state index in [1.165, 1.54) is 4.31 Å². The third-order valence-corrected chi connectivity index (χ3v) is 5.97. The van der Waals surface area contributed by atoms with Crippen LogP contribution < -0.4 is 0 Å². The van der Waals surface area contributed by atoms with Gasteiger partial charge < -0.3 is 10.0 Å². The van der Waals surface area contributed by atoms with Crippen LogP contribution in [0, 0.1) is 6.92 Å². The maximum absolute atomic E-state index is 12.7. The van der Waals surface area contributed by atoms with E-state index >= 15 is 0 Å². The van der Waals surface area contributed by atoms with Crippen molar-refractivity contribution in [2.24, 2.45) is 0 Å². The lowest BCUT2D eigenvalue weighted by atomic mass is 10.1. The van der Waals surface area contributed by atoms with Crippen LogP contribution in [0.5, 0.6) is 0 Å². The number of nitrogens with one attached hydrogen (secondary N) is 1. The number of aromatic nitrogens is 2. The molecule has 0 unspecified atom stereocenters. The number of hydrogen-bond acceptors (Lipinski definition) is 5. The van der Waals surface area contributed by atoms with E-state index in [1.54, 1.807) is 6.92 Å². The highest BCUT2D eigenvalue weighted by atomic mass is 32.2. The Hall–Kier alpha value is -0.960. The highest BCUT2D eigenvalue weighted by Crippen LogP contribution is 2.26. The zero-order valence-electron chi connectivity index (χ0n) is 12.1. The normalized spacial score (nSPS) is 18.9. The van der Waals surface area contributed by atoms with Gasteiger partial charge in [-0.05, 0) is 33.9 Å². The summed E-state index contributed by atoms with van der Waals surface area (Å²) in [5.41, 5.74) is 0.668. The van der Waals surface area contributed by atoms with Crippen LogP contribution in [-0.2, 0) is 16.6 Å². The number of H-pyrrole nitrogens is 1. The average Bonchev–Trinajstić information content (AvgIpc) is 2.80. The molecular formula is C12H22N4O3S. The Morgan fingerprint density at radius 3 is 2.50 bits per heavy atom. The van der Waals surface area contributed by atoms with Gasteiger partial charge in [0.25, 0.3) is 0 Å². The molecule has 0 spiro atoms. The molecule has 114 valence electrons. The van der Waals surface area contributed by atoms with Crippen LogP contribution in [0.3, 0.4) is 0 Å². The van der Waals surface area contributed by atoms with E-state index in [1.807, 2.05) is 14.1 Å². The highest BCUT2D eigenvalue weighted by molar-refractivity contribution is 7.89. The summed E-state index contributed by atoms with van der Waals surface area (Å²) in [4.78, 5) is 2.26. The summed E-state index contributed by atoms with van der Waals surface area (Å²) < 4.78 is 26.8. The van der Waals surface area contributed by atoms with Gasteiger partial charge in [0, 0.05) is 19.1 Å². The van der Waals surface area contributed by atoms with Gasteiger partial charge in [-0.1, -0.05) is 0 Å². The second-order valence-electron chi connectivity index (χ2n) is 5.38. The van der Waals surface area contributed by atoms with E-state index in [9.17, 15) is 13.5 Å². The Kier molecular flexibility index (Phi) is 4.48. The number of aliphatic hydroxyl groups is 1. The number of rotatable bonds is 4. The van der Waals surface area contributed by atoms with Gasteiger partial charge in [0.2, 0.25) is 10.0 Å². The van der Waals surface area contributed by atoms with Gasteiger partial charge in [-0.3, -0.25) is 5.10 Å². The smallest absolute Gasteiger partial charge is 0.246 e. The Morgan fingerprint density at radius 2 is 2.00 bits per heavy atom. The summed E-state index contributed by atoms with van der Waals surface area (Å²) in [7, 11) is 0.445. The molecule has 0 aromatic carbocycles. The van der Waals surface area contributed by atoms with E-state index < -0.39 is 10.0 Å². The highest BCUT2D eigenvalue weighted by Gasteiger charge is 2.33. The van der Waals surface area contributed by atoms with Crippen molar-refractivity contribution < 1.29 is 13.5 Å². The molecule has 8 heteroatoms. The molecule has 0 aliphatic carbocycles. The number of aromatic amines is 1. The second kappa shape index (κ2) is 5.80. The number of nitrogens with zero attached hydrogens (tertiary/aromatic N) is 3. The molecule has 2 N–H and O–H groups in total. The molecule has 1 fully saturated rings. The Bertz CT molecular complexity index is 559. The van der Waals surface area contributed by atoms with Crippen molar-refractivity contribution in [3.8, 4) is 0 Å². The predicted molar refractivity (Wildman–Crippen MR) is 74.7 cm³/mol. The number of piperidine rings is 1. The Balaban J connectivity index is 2.22. The minimum atomic E-state index is -3.58. The summed E-state index contributed by atoms with van der Waals surface area (Å²) in [5.74, 6) is 0. The lowest BCUT2D eigenvalue weighted by molar-refractivity contribution is 0.196. The molecule has 1 aliphatic heterocycles. The molecule has 1 aliphatic rings. The predicted octanol–water partition coefficient (Wildman–Crippen LogP) is -0.0749. The molecule has 0 bridgehead atoms. The molecule has 0 atom stereocenters. The first kappa shape index (κ1) is 15.4. The van der Waals surface area contributed by atoms with Crippen LogP contribution in [-0.4, -0.2) is 66.2 Å². The maximum Gasteiger partial charge on any atom is 0.246 e. The van der Waals surface area contributed by atoms with Crippen LogP contribution in [0.4, 0.5) is 0 Å². The van der Waals surface area contributed by atoms with Gasteiger partial charge in [0.15, 0.2) is 0 Å². The van der Waals surface area contributed by atoms with Crippen molar-refractivity contribution in [3.05, 3.63) is 11.4 Å². The van der Waals surface area contributed by atoms with Gasteiger partial charge in [-0.2, -0.15) is 9.40 Å². The Morgan fingerprint density at radius 1 is 1.40 bits per heavy atom. The monoisotopic (exact) mass is 302 g/mol. The van der Waals surface area contributed by atoms with Gasteiger partial charge in [0.05, 0.1) is 12.3 Å².